The first-order valence-electron chi connectivity index (χ1n) is 9.76. The van der Waals surface area contributed by atoms with Crippen molar-refractivity contribution in [2.75, 3.05) is 13.2 Å². The largest absolute Gasteiger partial charge is 0.478 e. The zero-order valence-electron chi connectivity index (χ0n) is 18.9. The van der Waals surface area contributed by atoms with Crippen molar-refractivity contribution in [3.05, 3.63) is 39.7 Å². The molecule has 0 aliphatic rings. The van der Waals surface area contributed by atoms with Crippen LogP contribution in [-0.2, 0) is 19.1 Å². The number of benzene rings is 1. The fraction of sp³-hybridized carbons (Fsp3) is 0.455. The highest BCUT2D eigenvalue weighted by molar-refractivity contribution is 5.98. The van der Waals surface area contributed by atoms with E-state index in [0.717, 1.165) is 12.3 Å². The molecular formula is C22H26N2O8. The van der Waals surface area contributed by atoms with E-state index in [1.54, 1.807) is 41.5 Å². The number of esters is 2. The molecule has 1 heterocycles. The van der Waals surface area contributed by atoms with Crippen LogP contribution < -0.4 is 15.1 Å². The van der Waals surface area contributed by atoms with Crippen molar-refractivity contribution in [3.8, 4) is 11.5 Å². The zero-order chi connectivity index (χ0) is 24.1. The lowest BCUT2D eigenvalue weighted by atomic mass is 10.1. The summed E-state index contributed by atoms with van der Waals surface area (Å²) in [4.78, 5) is 39.1. The van der Waals surface area contributed by atoms with Crippen molar-refractivity contribution in [1.29, 1.82) is 0 Å². The Kier molecular flexibility index (Phi) is 7.43. The maximum Gasteiger partial charge on any atom is 0.344 e. The summed E-state index contributed by atoms with van der Waals surface area (Å²) in [6.45, 7) is 9.31. The van der Waals surface area contributed by atoms with E-state index in [2.05, 4.69) is 4.79 Å². The van der Waals surface area contributed by atoms with Gasteiger partial charge in [-0.2, -0.15) is 4.79 Å². The monoisotopic (exact) mass is 446 g/mol. The molecule has 0 radical (unpaired) electrons. The summed E-state index contributed by atoms with van der Waals surface area (Å²) >= 11 is 0. The number of hydrogen-bond donors (Lipinski definition) is 0. The third-order valence-corrected chi connectivity index (χ3v) is 3.58. The second-order valence-corrected chi connectivity index (χ2v) is 8.79. The van der Waals surface area contributed by atoms with E-state index in [1.807, 2.05) is 0 Å². The lowest BCUT2D eigenvalue weighted by Gasteiger charge is -2.21. The van der Waals surface area contributed by atoms with Crippen LogP contribution in [0.25, 0.3) is 16.5 Å². The first-order valence-corrected chi connectivity index (χ1v) is 9.76. The van der Waals surface area contributed by atoms with Crippen LogP contribution in [0.5, 0.6) is 11.5 Å². The van der Waals surface area contributed by atoms with Gasteiger partial charge in [-0.15, -0.1) is 0 Å². The summed E-state index contributed by atoms with van der Waals surface area (Å²) in [7, 11) is 0. The van der Waals surface area contributed by atoms with Gasteiger partial charge in [0, 0.05) is 11.5 Å². The molecule has 0 fully saturated rings. The fourth-order valence-electron chi connectivity index (χ4n) is 2.64. The number of rotatable bonds is 7. The molecule has 2 rings (SSSR count). The summed E-state index contributed by atoms with van der Waals surface area (Å²) in [5.41, 5.74) is 6.89. The Hall–Kier alpha value is -3.65. The van der Waals surface area contributed by atoms with Gasteiger partial charge in [-0.3, -0.25) is 0 Å². The summed E-state index contributed by atoms with van der Waals surface area (Å²) in [6, 6.07) is 4.12. The minimum absolute atomic E-state index is 0.0353. The van der Waals surface area contributed by atoms with Gasteiger partial charge in [0.15, 0.2) is 24.5 Å². The van der Waals surface area contributed by atoms with E-state index < -0.39 is 42.0 Å². The Balaban J connectivity index is 2.44. The van der Waals surface area contributed by atoms with Crippen molar-refractivity contribution in [2.24, 2.45) is 0 Å². The van der Waals surface area contributed by atoms with Crippen LogP contribution in [0.3, 0.4) is 0 Å². The van der Waals surface area contributed by atoms with Crippen molar-refractivity contribution < 1.29 is 37.7 Å². The highest BCUT2D eigenvalue weighted by Gasteiger charge is 2.22. The molecule has 10 heteroatoms. The number of ether oxygens (including phenoxy) is 4. The Bertz CT molecular complexity index is 1120. The molecule has 32 heavy (non-hydrogen) atoms. The Morgan fingerprint density at radius 2 is 1.56 bits per heavy atom. The van der Waals surface area contributed by atoms with E-state index in [-0.39, 0.29) is 22.6 Å². The number of fused-ring (bicyclic) bond motifs is 1. The molecule has 2 aromatic rings. The van der Waals surface area contributed by atoms with Gasteiger partial charge in [-0.05, 0) is 53.7 Å². The van der Waals surface area contributed by atoms with Gasteiger partial charge < -0.3 is 28.9 Å². The van der Waals surface area contributed by atoms with E-state index >= 15 is 0 Å². The molecule has 172 valence electrons. The van der Waals surface area contributed by atoms with Gasteiger partial charge in [0.1, 0.15) is 11.2 Å². The number of nitrogens with zero attached hydrogens (tertiary/aromatic N) is 2. The molecule has 0 amide bonds. The standard InChI is InChI=1S/C22H26N2O8/c1-21(2,3)31-17(26)11-28-15-8-7-14-13(10-24-23)9-16(25)30-19(14)20(15)29-12-18(27)32-22(4,5)6/h7-10H,11-12H2,1-6H3. The van der Waals surface area contributed by atoms with E-state index in [1.165, 1.54) is 12.1 Å². The van der Waals surface area contributed by atoms with Gasteiger partial charge in [-0.1, -0.05) is 0 Å². The van der Waals surface area contributed by atoms with Crippen LogP contribution >= 0.6 is 0 Å². The molecule has 0 N–H and O–H groups in total. The second kappa shape index (κ2) is 9.65. The topological polar surface area (TPSA) is 138 Å². The highest BCUT2D eigenvalue weighted by atomic mass is 16.6. The quantitative estimate of drug-likeness (QED) is 0.208. The van der Waals surface area contributed by atoms with Crippen molar-refractivity contribution in [1.82, 2.24) is 0 Å². The average molecular weight is 446 g/mol. The molecule has 0 atom stereocenters. The molecule has 10 nitrogen and oxygen atoms in total. The third kappa shape index (κ3) is 7.24. The van der Waals surface area contributed by atoms with Gasteiger partial charge >= 0.3 is 17.6 Å². The lowest BCUT2D eigenvalue weighted by molar-refractivity contribution is -0.158. The molecule has 0 bridgehead atoms. The normalized spacial score (nSPS) is 11.4. The van der Waals surface area contributed by atoms with Crippen LogP contribution in [0.1, 0.15) is 47.1 Å². The summed E-state index contributed by atoms with van der Waals surface area (Å²) in [5, 5.41) is 0.353. The molecule has 1 aromatic heterocycles. The molecule has 1 aromatic carbocycles. The summed E-state index contributed by atoms with van der Waals surface area (Å²) < 4.78 is 26.8. The zero-order valence-corrected chi connectivity index (χ0v) is 18.9. The highest BCUT2D eigenvalue weighted by Crippen LogP contribution is 2.36. The minimum atomic E-state index is -0.751. The van der Waals surface area contributed by atoms with Crippen LogP contribution in [0.15, 0.2) is 27.4 Å². The first kappa shape index (κ1) is 24.6. The van der Waals surface area contributed by atoms with Gasteiger partial charge in [0.2, 0.25) is 5.75 Å². The number of carbonyl (C=O) groups is 2. The minimum Gasteiger partial charge on any atom is -0.478 e. The molecular weight excluding hydrogens is 420 g/mol. The smallest absolute Gasteiger partial charge is 0.344 e. The van der Waals surface area contributed by atoms with Crippen molar-refractivity contribution >= 4 is 29.1 Å². The molecule has 0 aliphatic carbocycles. The van der Waals surface area contributed by atoms with Crippen LogP contribution in [0.4, 0.5) is 0 Å². The van der Waals surface area contributed by atoms with E-state index in [9.17, 15) is 14.4 Å². The van der Waals surface area contributed by atoms with Crippen LogP contribution in [0, 0.1) is 0 Å². The average Bonchev–Trinajstić information content (AvgIpc) is 2.62. The third-order valence-electron chi connectivity index (χ3n) is 3.58. The Morgan fingerprint density at radius 3 is 2.09 bits per heavy atom. The number of hydrogen-bond acceptors (Lipinski definition) is 8. The predicted molar refractivity (Wildman–Crippen MR) is 114 cm³/mol. The van der Waals surface area contributed by atoms with E-state index in [4.69, 9.17) is 28.9 Å². The Labute approximate surface area is 184 Å². The van der Waals surface area contributed by atoms with Crippen molar-refractivity contribution in [2.45, 2.75) is 52.7 Å². The summed E-state index contributed by atoms with van der Waals surface area (Å²) in [5.74, 6) is -1.35. The molecule has 0 aliphatic heterocycles. The Morgan fingerprint density at radius 1 is 1.00 bits per heavy atom. The molecule has 0 saturated heterocycles. The maximum absolute atomic E-state index is 12.1. The SMILES string of the molecule is CC(C)(C)OC(=O)COc1ccc2c(C=[N+]=[N-])cc(=O)oc2c1OCC(=O)OC(C)(C)C. The van der Waals surface area contributed by atoms with Crippen LogP contribution in [0.2, 0.25) is 0 Å². The van der Waals surface area contributed by atoms with E-state index in [0.29, 0.717) is 5.39 Å². The number of carbonyl (C=O) groups excluding carboxylic acids is 2. The fourth-order valence-corrected chi connectivity index (χ4v) is 2.64. The second-order valence-electron chi connectivity index (χ2n) is 8.79. The molecule has 0 unspecified atom stereocenters. The molecule has 0 saturated carbocycles. The summed E-state index contributed by atoms with van der Waals surface area (Å²) in [6.07, 6.45) is 1.05. The lowest BCUT2D eigenvalue weighted by Crippen LogP contribution is -2.28. The van der Waals surface area contributed by atoms with Gasteiger partial charge in [-0.25, -0.2) is 14.4 Å². The van der Waals surface area contributed by atoms with Crippen LogP contribution in [-0.4, -0.2) is 47.4 Å². The van der Waals surface area contributed by atoms with Gasteiger partial charge in [0.05, 0.1) is 5.56 Å². The first-order chi connectivity index (χ1) is 14.8. The maximum atomic E-state index is 12.1. The molecule has 0 spiro atoms. The van der Waals surface area contributed by atoms with Gasteiger partial charge in [0.25, 0.3) is 6.21 Å². The predicted octanol–water partition coefficient (Wildman–Crippen LogP) is 2.88. The van der Waals surface area contributed by atoms with Crippen molar-refractivity contribution in [3.63, 3.8) is 0 Å².